The Kier molecular flexibility index (Phi) is 3.34. The van der Waals surface area contributed by atoms with Gasteiger partial charge in [0.1, 0.15) is 5.70 Å². The van der Waals surface area contributed by atoms with Crippen LogP contribution in [-0.4, -0.2) is 22.0 Å². The van der Waals surface area contributed by atoms with Crippen molar-refractivity contribution in [3.63, 3.8) is 0 Å². The van der Waals surface area contributed by atoms with Crippen molar-refractivity contribution in [3.05, 3.63) is 24.9 Å². The minimum absolute atomic E-state index is 0.0110. The summed E-state index contributed by atoms with van der Waals surface area (Å²) >= 11 is 13.6. The van der Waals surface area contributed by atoms with Gasteiger partial charge in [0.15, 0.2) is 5.11 Å². The van der Waals surface area contributed by atoms with Crippen molar-refractivity contribution in [3.8, 4) is 0 Å². The molecule has 1 saturated heterocycles. The van der Waals surface area contributed by atoms with Crippen molar-refractivity contribution in [2.24, 2.45) is 0 Å². The maximum absolute atomic E-state index is 12.2. The molecule has 94 valence electrons. The highest BCUT2D eigenvalue weighted by atomic mass is 79.9. The van der Waals surface area contributed by atoms with E-state index in [4.69, 9.17) is 12.2 Å². The summed E-state index contributed by atoms with van der Waals surface area (Å²) in [6, 6.07) is 2.28. The molecule has 3 rings (SSSR count). The van der Waals surface area contributed by atoms with Crippen molar-refractivity contribution in [2.45, 2.75) is 18.9 Å². The fourth-order valence-electron chi connectivity index (χ4n) is 1.79. The van der Waals surface area contributed by atoms with Crippen molar-refractivity contribution >= 4 is 72.5 Å². The average Bonchev–Trinajstić information content (AvgIpc) is 3.01. The lowest BCUT2D eigenvalue weighted by atomic mass is 10.3. The minimum Gasteiger partial charge on any atom is -0.328 e. The minimum atomic E-state index is -0.0110. The highest BCUT2D eigenvalue weighted by molar-refractivity contribution is 9.13. The molecular weight excluding hydrogens is 400 g/mol. The first-order valence-corrected chi connectivity index (χ1v) is 8.18. The largest absolute Gasteiger partial charge is 0.328 e. The van der Waals surface area contributed by atoms with E-state index in [-0.39, 0.29) is 5.91 Å². The first kappa shape index (κ1) is 12.8. The fourth-order valence-corrected chi connectivity index (χ4v) is 4.16. The molecule has 0 unspecified atom stereocenters. The van der Waals surface area contributed by atoms with E-state index in [9.17, 15) is 4.79 Å². The molecule has 2 fully saturated rings. The van der Waals surface area contributed by atoms with E-state index < -0.39 is 0 Å². The van der Waals surface area contributed by atoms with E-state index in [1.165, 1.54) is 0 Å². The number of hydrogen-bond acceptors (Lipinski definition) is 3. The van der Waals surface area contributed by atoms with E-state index in [0.717, 1.165) is 26.0 Å². The Morgan fingerprint density at radius 3 is 2.78 bits per heavy atom. The molecule has 0 atom stereocenters. The van der Waals surface area contributed by atoms with E-state index in [1.54, 1.807) is 16.2 Å². The van der Waals surface area contributed by atoms with Gasteiger partial charge in [0.05, 0.1) is 3.79 Å². The summed E-state index contributed by atoms with van der Waals surface area (Å²) in [6.07, 6.45) is 3.95. The third-order valence-electron chi connectivity index (χ3n) is 2.77. The predicted molar refractivity (Wildman–Crippen MR) is 83.3 cm³/mol. The zero-order chi connectivity index (χ0) is 12.9. The number of amides is 1. The molecule has 1 N–H and O–H groups in total. The van der Waals surface area contributed by atoms with Crippen LogP contribution in [-0.2, 0) is 4.79 Å². The third-order valence-corrected chi connectivity index (χ3v) is 6.27. The van der Waals surface area contributed by atoms with Crippen LogP contribution in [0.15, 0.2) is 20.0 Å². The lowest BCUT2D eigenvalue weighted by Crippen LogP contribution is -2.32. The number of nitrogens with one attached hydrogen (secondary N) is 1. The van der Waals surface area contributed by atoms with E-state index in [0.29, 0.717) is 16.9 Å². The Morgan fingerprint density at radius 2 is 2.22 bits per heavy atom. The van der Waals surface area contributed by atoms with Gasteiger partial charge < -0.3 is 5.32 Å². The molecular formula is C11H8Br2N2OS2. The second-order valence-electron chi connectivity index (χ2n) is 4.16. The molecule has 0 radical (unpaired) electrons. The Bertz CT molecular complexity index is 558. The normalized spacial score (nSPS) is 21.9. The van der Waals surface area contributed by atoms with Gasteiger partial charge in [0.2, 0.25) is 0 Å². The molecule has 1 saturated carbocycles. The smallest absolute Gasteiger partial charge is 0.276 e. The maximum Gasteiger partial charge on any atom is 0.276 e. The van der Waals surface area contributed by atoms with Crippen LogP contribution >= 0.6 is 55.4 Å². The van der Waals surface area contributed by atoms with E-state index >= 15 is 0 Å². The van der Waals surface area contributed by atoms with Crippen LogP contribution in [0.1, 0.15) is 17.7 Å². The molecule has 0 spiro atoms. The van der Waals surface area contributed by atoms with Crippen LogP contribution in [0.2, 0.25) is 0 Å². The number of carbonyl (C=O) groups excluding carboxylic acids is 1. The molecule has 0 bridgehead atoms. The fraction of sp³-hybridized carbons (Fsp3) is 0.273. The highest BCUT2D eigenvalue weighted by Crippen LogP contribution is 2.35. The molecule has 1 aromatic heterocycles. The Morgan fingerprint density at radius 1 is 1.50 bits per heavy atom. The Labute approximate surface area is 130 Å². The number of halogens is 2. The first-order chi connectivity index (χ1) is 8.56. The summed E-state index contributed by atoms with van der Waals surface area (Å²) in [4.78, 5) is 14.9. The van der Waals surface area contributed by atoms with Gasteiger partial charge in [-0.2, -0.15) is 0 Å². The molecule has 7 heteroatoms. The summed E-state index contributed by atoms with van der Waals surface area (Å²) in [5, 5.41) is 3.53. The molecule has 1 aliphatic carbocycles. The quantitative estimate of drug-likeness (QED) is 0.601. The molecule has 1 aromatic rings. The van der Waals surface area contributed by atoms with Gasteiger partial charge in [0.25, 0.3) is 5.91 Å². The number of rotatable bonds is 2. The molecule has 18 heavy (non-hydrogen) atoms. The summed E-state index contributed by atoms with van der Waals surface area (Å²) < 4.78 is 2.01. The number of carbonyl (C=O) groups is 1. The van der Waals surface area contributed by atoms with Gasteiger partial charge in [-0.25, -0.2) is 0 Å². The molecule has 2 aliphatic rings. The van der Waals surface area contributed by atoms with Crippen LogP contribution in [0.3, 0.4) is 0 Å². The number of thiocarbonyl (C=S) groups is 1. The van der Waals surface area contributed by atoms with E-state index in [2.05, 4.69) is 37.2 Å². The molecule has 1 aliphatic heterocycles. The SMILES string of the molecule is O=C1/C(=C\c2cc(Br)c(Br)s2)NC(=S)N1C1CC1. The van der Waals surface area contributed by atoms with Gasteiger partial charge in [-0.05, 0) is 69.1 Å². The summed E-state index contributed by atoms with van der Waals surface area (Å²) in [5.74, 6) is -0.0110. The molecule has 2 heterocycles. The van der Waals surface area contributed by atoms with Crippen LogP contribution < -0.4 is 5.32 Å². The van der Waals surface area contributed by atoms with Crippen LogP contribution in [0.25, 0.3) is 6.08 Å². The van der Waals surface area contributed by atoms with Crippen molar-refractivity contribution in [2.75, 3.05) is 0 Å². The first-order valence-electron chi connectivity index (χ1n) is 5.37. The molecule has 0 aromatic carbocycles. The summed E-state index contributed by atoms with van der Waals surface area (Å²) in [7, 11) is 0. The van der Waals surface area contributed by atoms with Crippen molar-refractivity contribution < 1.29 is 4.79 Å². The van der Waals surface area contributed by atoms with E-state index in [1.807, 2.05) is 12.1 Å². The number of hydrogen-bond donors (Lipinski definition) is 1. The second-order valence-corrected chi connectivity index (χ2v) is 7.81. The number of thiophene rings is 1. The molecule has 1 amide bonds. The van der Waals surface area contributed by atoms with Gasteiger partial charge in [-0.15, -0.1) is 11.3 Å². The molecule has 3 nitrogen and oxygen atoms in total. The Balaban J connectivity index is 1.88. The average molecular weight is 408 g/mol. The van der Waals surface area contributed by atoms with Gasteiger partial charge in [0, 0.05) is 15.4 Å². The predicted octanol–water partition coefficient (Wildman–Crippen LogP) is 3.49. The number of nitrogens with zero attached hydrogens (tertiary/aromatic N) is 1. The monoisotopic (exact) mass is 406 g/mol. The summed E-state index contributed by atoms with van der Waals surface area (Å²) in [5.41, 5.74) is 0.563. The standard InChI is InChI=1S/C11H8Br2N2OS2/c12-7-3-6(18-9(7)13)4-8-10(16)15(5-1-2-5)11(17)14-8/h3-5H,1-2H2,(H,14,17)/b8-4+. The van der Waals surface area contributed by atoms with Gasteiger partial charge in [-0.1, -0.05) is 0 Å². The van der Waals surface area contributed by atoms with Crippen molar-refractivity contribution in [1.82, 2.24) is 10.2 Å². The van der Waals surface area contributed by atoms with Gasteiger partial charge in [-0.3, -0.25) is 9.69 Å². The zero-order valence-corrected chi connectivity index (χ0v) is 13.9. The topological polar surface area (TPSA) is 32.3 Å². The lowest BCUT2D eigenvalue weighted by molar-refractivity contribution is -0.122. The maximum atomic E-state index is 12.2. The highest BCUT2D eigenvalue weighted by Gasteiger charge is 2.41. The summed E-state index contributed by atoms with van der Waals surface area (Å²) in [6.45, 7) is 0. The van der Waals surface area contributed by atoms with Crippen LogP contribution in [0.5, 0.6) is 0 Å². The lowest BCUT2D eigenvalue weighted by Gasteiger charge is -2.11. The second kappa shape index (κ2) is 4.70. The van der Waals surface area contributed by atoms with Crippen LogP contribution in [0.4, 0.5) is 0 Å². The van der Waals surface area contributed by atoms with Gasteiger partial charge >= 0.3 is 0 Å². The van der Waals surface area contributed by atoms with Crippen LogP contribution in [0, 0.1) is 0 Å². The zero-order valence-electron chi connectivity index (χ0n) is 9.07. The van der Waals surface area contributed by atoms with Crippen molar-refractivity contribution in [1.29, 1.82) is 0 Å². The Hall–Kier alpha value is -0.240. The third kappa shape index (κ3) is 2.29.